The van der Waals surface area contributed by atoms with Crippen LogP contribution in [0.15, 0.2) is 18.2 Å². The number of urea groups is 1. The molecule has 0 aromatic heterocycles. The fraction of sp³-hybridized carbons (Fsp3) is 0.500. The van der Waals surface area contributed by atoms with Gasteiger partial charge in [0.15, 0.2) is 0 Å². The summed E-state index contributed by atoms with van der Waals surface area (Å²) in [4.78, 5) is 26.6. The molecule has 3 amide bonds. The van der Waals surface area contributed by atoms with Gasteiger partial charge >= 0.3 is 6.03 Å². The molecule has 0 unspecified atom stereocenters. The van der Waals surface area contributed by atoms with E-state index < -0.39 is 6.03 Å². The Bertz CT molecular complexity index is 551. The van der Waals surface area contributed by atoms with Crippen molar-refractivity contribution in [3.05, 3.63) is 29.3 Å². The van der Waals surface area contributed by atoms with Gasteiger partial charge < -0.3 is 10.6 Å². The number of carbonyl (C=O) groups excluding carboxylic acids is 2. The average molecular weight is 304 g/mol. The molecule has 0 saturated carbocycles. The van der Waals surface area contributed by atoms with Crippen LogP contribution in [0, 0.1) is 13.8 Å². The maximum absolute atomic E-state index is 11.4. The number of nitrogens with two attached hydrogens (primary N) is 1. The first-order valence-corrected chi connectivity index (χ1v) is 7.60. The van der Waals surface area contributed by atoms with Crippen molar-refractivity contribution >= 4 is 17.6 Å². The number of imide groups is 1. The highest BCUT2D eigenvalue weighted by atomic mass is 16.2. The molecule has 1 aromatic rings. The summed E-state index contributed by atoms with van der Waals surface area (Å²) in [6.07, 6.45) is 0.298. The molecule has 0 bridgehead atoms. The van der Waals surface area contributed by atoms with Crippen LogP contribution in [0.25, 0.3) is 0 Å². The molecule has 6 heteroatoms. The quantitative estimate of drug-likeness (QED) is 0.870. The minimum Gasteiger partial charge on any atom is -0.369 e. The molecule has 6 nitrogen and oxygen atoms in total. The van der Waals surface area contributed by atoms with E-state index in [9.17, 15) is 9.59 Å². The Labute approximate surface area is 131 Å². The van der Waals surface area contributed by atoms with Gasteiger partial charge in [0.1, 0.15) is 0 Å². The van der Waals surface area contributed by atoms with Crippen LogP contribution in [-0.4, -0.2) is 49.6 Å². The van der Waals surface area contributed by atoms with Crippen molar-refractivity contribution in [2.75, 3.05) is 37.6 Å². The van der Waals surface area contributed by atoms with Gasteiger partial charge in [-0.3, -0.25) is 15.0 Å². The summed E-state index contributed by atoms with van der Waals surface area (Å²) in [5.41, 5.74) is 8.86. The fourth-order valence-corrected chi connectivity index (χ4v) is 2.75. The minimum atomic E-state index is -0.787. The lowest BCUT2D eigenvalue weighted by molar-refractivity contribution is -0.120. The zero-order chi connectivity index (χ0) is 16.1. The lowest BCUT2D eigenvalue weighted by atomic mass is 10.1. The molecule has 1 aliphatic heterocycles. The summed E-state index contributed by atoms with van der Waals surface area (Å²) in [5, 5.41) is 2.09. The first-order valence-electron chi connectivity index (χ1n) is 7.60. The smallest absolute Gasteiger partial charge is 0.318 e. The minimum absolute atomic E-state index is 0.298. The largest absolute Gasteiger partial charge is 0.369 e. The third kappa shape index (κ3) is 4.21. The molecule has 0 spiro atoms. The average Bonchev–Trinajstić information content (AvgIpc) is 2.48. The second-order valence-electron chi connectivity index (χ2n) is 5.71. The molecule has 1 aliphatic rings. The van der Waals surface area contributed by atoms with Gasteiger partial charge in [0.25, 0.3) is 0 Å². The summed E-state index contributed by atoms with van der Waals surface area (Å²) in [6.45, 7) is 8.66. The Kier molecular flexibility index (Phi) is 5.38. The molecule has 0 atom stereocenters. The van der Waals surface area contributed by atoms with E-state index in [2.05, 4.69) is 47.2 Å². The highest BCUT2D eigenvalue weighted by Gasteiger charge is 2.19. The number of amides is 3. The number of hydrogen-bond acceptors (Lipinski definition) is 4. The molecular formula is C16H24N4O2. The molecule has 1 saturated heterocycles. The van der Waals surface area contributed by atoms with Crippen LogP contribution in [0.2, 0.25) is 0 Å². The fourth-order valence-electron chi connectivity index (χ4n) is 2.75. The molecular weight excluding hydrogens is 280 g/mol. The summed E-state index contributed by atoms with van der Waals surface area (Å²) in [6, 6.07) is 5.60. The van der Waals surface area contributed by atoms with Crippen molar-refractivity contribution in [3.8, 4) is 0 Å². The zero-order valence-electron chi connectivity index (χ0n) is 13.3. The van der Waals surface area contributed by atoms with E-state index in [0.29, 0.717) is 13.0 Å². The number of benzene rings is 1. The Balaban J connectivity index is 1.82. The topological polar surface area (TPSA) is 78.7 Å². The molecule has 0 radical (unpaired) electrons. The van der Waals surface area contributed by atoms with Crippen LogP contribution < -0.4 is 16.0 Å². The lowest BCUT2D eigenvalue weighted by Gasteiger charge is -2.37. The van der Waals surface area contributed by atoms with Gasteiger partial charge in [-0.05, 0) is 31.0 Å². The van der Waals surface area contributed by atoms with E-state index in [-0.39, 0.29) is 5.91 Å². The maximum atomic E-state index is 11.4. The number of piperazine rings is 1. The second kappa shape index (κ2) is 7.26. The predicted molar refractivity (Wildman–Crippen MR) is 86.9 cm³/mol. The van der Waals surface area contributed by atoms with E-state index >= 15 is 0 Å². The van der Waals surface area contributed by atoms with Crippen molar-refractivity contribution in [3.63, 3.8) is 0 Å². The number of anilines is 1. The van der Waals surface area contributed by atoms with Crippen LogP contribution in [0.1, 0.15) is 17.5 Å². The summed E-state index contributed by atoms with van der Waals surface area (Å²) in [7, 11) is 0. The number of rotatable bonds is 4. The van der Waals surface area contributed by atoms with Crippen molar-refractivity contribution in [2.24, 2.45) is 5.73 Å². The van der Waals surface area contributed by atoms with Gasteiger partial charge in [-0.25, -0.2) is 4.79 Å². The Hall–Kier alpha value is -2.08. The van der Waals surface area contributed by atoms with E-state index in [0.717, 1.165) is 26.2 Å². The number of aryl methyl sites for hydroxylation is 1. The van der Waals surface area contributed by atoms with Crippen molar-refractivity contribution in [1.29, 1.82) is 0 Å². The lowest BCUT2D eigenvalue weighted by Crippen LogP contribution is -2.47. The zero-order valence-corrected chi connectivity index (χ0v) is 13.3. The van der Waals surface area contributed by atoms with E-state index in [1.54, 1.807) is 0 Å². The van der Waals surface area contributed by atoms with Crippen LogP contribution in [0.5, 0.6) is 0 Å². The van der Waals surface area contributed by atoms with Crippen LogP contribution in [-0.2, 0) is 4.79 Å². The number of nitrogens with zero attached hydrogens (tertiary/aromatic N) is 2. The Morgan fingerprint density at radius 2 is 1.86 bits per heavy atom. The first-order chi connectivity index (χ1) is 10.5. The molecule has 22 heavy (non-hydrogen) atoms. The first kappa shape index (κ1) is 16.3. The van der Waals surface area contributed by atoms with Gasteiger partial charge in [0, 0.05) is 44.8 Å². The standard InChI is InChI=1S/C16H24N4O2/c1-12-4-3-5-14(13(12)2)20-10-8-19(9-11-20)7-6-15(21)18-16(17)22/h3-5H,6-11H2,1-2H3,(H3,17,18,21,22). The van der Waals surface area contributed by atoms with E-state index in [4.69, 9.17) is 5.73 Å². The van der Waals surface area contributed by atoms with Gasteiger partial charge in [-0.2, -0.15) is 0 Å². The Morgan fingerprint density at radius 1 is 1.18 bits per heavy atom. The van der Waals surface area contributed by atoms with Gasteiger partial charge in [0.05, 0.1) is 0 Å². The van der Waals surface area contributed by atoms with Crippen molar-refractivity contribution in [1.82, 2.24) is 10.2 Å². The molecule has 1 fully saturated rings. The highest BCUT2D eigenvalue weighted by Crippen LogP contribution is 2.23. The molecule has 2 rings (SSSR count). The summed E-state index contributed by atoms with van der Waals surface area (Å²) < 4.78 is 0. The summed E-state index contributed by atoms with van der Waals surface area (Å²) in [5.74, 6) is -0.315. The molecule has 3 N–H and O–H groups in total. The summed E-state index contributed by atoms with van der Waals surface area (Å²) >= 11 is 0. The van der Waals surface area contributed by atoms with E-state index in [1.807, 2.05) is 0 Å². The molecule has 120 valence electrons. The molecule has 0 aliphatic carbocycles. The molecule has 1 heterocycles. The van der Waals surface area contributed by atoms with Crippen LogP contribution >= 0.6 is 0 Å². The highest BCUT2D eigenvalue weighted by molar-refractivity contribution is 5.93. The second-order valence-corrected chi connectivity index (χ2v) is 5.71. The van der Waals surface area contributed by atoms with E-state index in [1.165, 1.54) is 16.8 Å². The van der Waals surface area contributed by atoms with Gasteiger partial charge in [-0.1, -0.05) is 12.1 Å². The van der Waals surface area contributed by atoms with Crippen LogP contribution in [0.4, 0.5) is 10.5 Å². The van der Waals surface area contributed by atoms with Gasteiger partial charge in [0.2, 0.25) is 5.91 Å². The monoisotopic (exact) mass is 304 g/mol. The predicted octanol–water partition coefficient (Wildman–Crippen LogP) is 1.01. The number of carbonyl (C=O) groups is 2. The SMILES string of the molecule is Cc1cccc(N2CCN(CCC(=O)NC(N)=O)CC2)c1C. The number of hydrogen-bond donors (Lipinski definition) is 2. The van der Waals surface area contributed by atoms with Crippen molar-refractivity contribution in [2.45, 2.75) is 20.3 Å². The number of nitrogens with one attached hydrogen (secondary N) is 1. The van der Waals surface area contributed by atoms with Crippen LogP contribution in [0.3, 0.4) is 0 Å². The van der Waals surface area contributed by atoms with Crippen molar-refractivity contribution < 1.29 is 9.59 Å². The maximum Gasteiger partial charge on any atom is 0.318 e. The Morgan fingerprint density at radius 3 is 2.50 bits per heavy atom. The normalized spacial score (nSPS) is 15.6. The third-order valence-electron chi connectivity index (χ3n) is 4.21. The third-order valence-corrected chi connectivity index (χ3v) is 4.21. The van der Waals surface area contributed by atoms with Gasteiger partial charge in [-0.15, -0.1) is 0 Å². The number of primary amides is 1. The molecule has 1 aromatic carbocycles.